The molecule has 1 aliphatic heterocycles. The summed E-state index contributed by atoms with van der Waals surface area (Å²) in [4.78, 5) is 24.7. The molecule has 2 heterocycles. The number of carbonyl (C=O) groups excluding carboxylic acids is 1. The van der Waals surface area contributed by atoms with E-state index in [1.807, 2.05) is 25.8 Å². The molecule has 0 atom stereocenters. The predicted octanol–water partition coefficient (Wildman–Crippen LogP) is 2.01. The lowest BCUT2D eigenvalue weighted by atomic mass is 9.98. The topological polar surface area (TPSA) is 61.4 Å². The first-order valence-corrected chi connectivity index (χ1v) is 7.55. The number of piperazine rings is 1. The smallest absolute Gasteiger partial charge is 0.247 e. The molecule has 0 radical (unpaired) electrons. The van der Waals surface area contributed by atoms with Gasteiger partial charge in [-0.1, -0.05) is 18.5 Å². The van der Waals surface area contributed by atoms with Crippen LogP contribution in [0.1, 0.15) is 27.2 Å². The van der Waals surface area contributed by atoms with Gasteiger partial charge in [0.2, 0.25) is 11.9 Å². The van der Waals surface area contributed by atoms with E-state index in [2.05, 4.69) is 22.2 Å². The molecular formula is C14H22ClN5O. The number of rotatable bonds is 4. The molecule has 21 heavy (non-hydrogen) atoms. The molecule has 1 aromatic rings. The number of carbonyl (C=O) groups is 1. The molecule has 1 fully saturated rings. The highest BCUT2D eigenvalue weighted by Crippen LogP contribution is 2.32. The maximum Gasteiger partial charge on any atom is 0.247 e. The monoisotopic (exact) mass is 311 g/mol. The summed E-state index contributed by atoms with van der Waals surface area (Å²) in [5, 5.41) is 3.61. The zero-order valence-electron chi connectivity index (χ0n) is 13.0. The van der Waals surface area contributed by atoms with Gasteiger partial charge in [-0.3, -0.25) is 4.79 Å². The third-order valence-corrected chi connectivity index (χ3v) is 3.98. The molecule has 1 aliphatic rings. The molecule has 1 N–H and O–H groups in total. The van der Waals surface area contributed by atoms with E-state index in [0.29, 0.717) is 29.9 Å². The largest absolute Gasteiger partial charge is 0.354 e. The highest BCUT2D eigenvalue weighted by atomic mass is 35.5. The van der Waals surface area contributed by atoms with Crippen LogP contribution >= 0.6 is 11.6 Å². The van der Waals surface area contributed by atoms with Crippen LogP contribution in [-0.2, 0) is 4.79 Å². The number of nitrogens with one attached hydrogen (secondary N) is 1. The van der Waals surface area contributed by atoms with E-state index in [9.17, 15) is 4.79 Å². The van der Waals surface area contributed by atoms with Crippen molar-refractivity contribution in [2.45, 2.75) is 32.7 Å². The first-order chi connectivity index (χ1) is 9.87. The standard InChI is InChI=1S/C14H22ClN5O/c1-5-6-16-13-17-9-10(15)11(18-13)20-8-7-19(4)12(21)14(20,2)3/h9H,5-8H2,1-4H3,(H,16,17,18). The molecule has 1 saturated heterocycles. The van der Waals surface area contributed by atoms with Crippen LogP contribution in [0.5, 0.6) is 0 Å². The predicted molar refractivity (Wildman–Crippen MR) is 84.9 cm³/mol. The number of likely N-dealkylation sites (N-methyl/N-ethyl adjacent to an activating group) is 1. The van der Waals surface area contributed by atoms with Crippen molar-refractivity contribution in [1.29, 1.82) is 0 Å². The molecule has 1 amide bonds. The van der Waals surface area contributed by atoms with Crippen LogP contribution in [0, 0.1) is 0 Å². The van der Waals surface area contributed by atoms with Crippen LogP contribution in [0.2, 0.25) is 5.02 Å². The Morgan fingerprint density at radius 1 is 1.43 bits per heavy atom. The van der Waals surface area contributed by atoms with Crippen molar-refractivity contribution in [3.05, 3.63) is 11.2 Å². The molecule has 1 aromatic heterocycles. The summed E-state index contributed by atoms with van der Waals surface area (Å²) < 4.78 is 0. The van der Waals surface area contributed by atoms with Crippen molar-refractivity contribution in [2.75, 3.05) is 36.9 Å². The molecule has 116 valence electrons. The van der Waals surface area contributed by atoms with Crippen LogP contribution in [0.4, 0.5) is 11.8 Å². The lowest BCUT2D eigenvalue weighted by Crippen LogP contribution is -2.62. The minimum atomic E-state index is -0.674. The van der Waals surface area contributed by atoms with Crippen molar-refractivity contribution in [1.82, 2.24) is 14.9 Å². The fraction of sp³-hybridized carbons (Fsp3) is 0.643. The second kappa shape index (κ2) is 6.05. The second-order valence-corrected chi connectivity index (χ2v) is 6.14. The molecular weight excluding hydrogens is 290 g/mol. The number of nitrogens with zero attached hydrogens (tertiary/aromatic N) is 4. The quantitative estimate of drug-likeness (QED) is 0.921. The van der Waals surface area contributed by atoms with Crippen LogP contribution in [-0.4, -0.2) is 53.0 Å². The lowest BCUT2D eigenvalue weighted by molar-refractivity contribution is -0.136. The van der Waals surface area contributed by atoms with Crippen molar-refractivity contribution in [3.63, 3.8) is 0 Å². The number of hydrogen-bond donors (Lipinski definition) is 1. The van der Waals surface area contributed by atoms with E-state index in [4.69, 9.17) is 11.6 Å². The maximum absolute atomic E-state index is 12.4. The minimum Gasteiger partial charge on any atom is -0.354 e. The molecule has 0 aliphatic carbocycles. The van der Waals surface area contributed by atoms with Gasteiger partial charge < -0.3 is 15.1 Å². The Morgan fingerprint density at radius 2 is 2.14 bits per heavy atom. The fourth-order valence-electron chi connectivity index (χ4n) is 2.45. The van der Waals surface area contributed by atoms with Gasteiger partial charge in [-0.15, -0.1) is 0 Å². The van der Waals surface area contributed by atoms with E-state index in [1.165, 1.54) is 0 Å². The van der Waals surface area contributed by atoms with E-state index >= 15 is 0 Å². The van der Waals surface area contributed by atoms with Crippen molar-refractivity contribution in [3.8, 4) is 0 Å². The van der Waals surface area contributed by atoms with Gasteiger partial charge in [-0.25, -0.2) is 4.98 Å². The molecule has 2 rings (SSSR count). The Labute approximate surface area is 130 Å². The number of anilines is 2. The zero-order valence-corrected chi connectivity index (χ0v) is 13.7. The summed E-state index contributed by atoms with van der Waals surface area (Å²) in [6.07, 6.45) is 2.57. The van der Waals surface area contributed by atoms with Gasteiger partial charge in [0.25, 0.3) is 0 Å². The van der Waals surface area contributed by atoms with E-state index in [-0.39, 0.29) is 5.91 Å². The van der Waals surface area contributed by atoms with E-state index < -0.39 is 5.54 Å². The number of halogens is 1. The third-order valence-electron chi connectivity index (χ3n) is 3.72. The molecule has 6 nitrogen and oxygen atoms in total. The summed E-state index contributed by atoms with van der Waals surface area (Å²) >= 11 is 6.26. The van der Waals surface area contributed by atoms with Gasteiger partial charge in [0.1, 0.15) is 10.6 Å². The summed E-state index contributed by atoms with van der Waals surface area (Å²) in [5.41, 5.74) is -0.674. The number of aromatic nitrogens is 2. The third kappa shape index (κ3) is 3.05. The van der Waals surface area contributed by atoms with Gasteiger partial charge in [-0.2, -0.15) is 4.98 Å². The van der Waals surface area contributed by atoms with E-state index in [0.717, 1.165) is 13.0 Å². The van der Waals surface area contributed by atoms with Gasteiger partial charge in [0.05, 0.1) is 6.20 Å². The maximum atomic E-state index is 12.4. The van der Waals surface area contributed by atoms with Crippen molar-refractivity contribution < 1.29 is 4.79 Å². The lowest BCUT2D eigenvalue weighted by Gasteiger charge is -2.45. The van der Waals surface area contributed by atoms with Gasteiger partial charge in [0.15, 0.2) is 5.82 Å². The second-order valence-electron chi connectivity index (χ2n) is 5.73. The van der Waals surface area contributed by atoms with Crippen molar-refractivity contribution >= 4 is 29.3 Å². The Bertz CT molecular complexity index is 534. The van der Waals surface area contributed by atoms with E-state index in [1.54, 1.807) is 11.1 Å². The summed E-state index contributed by atoms with van der Waals surface area (Å²) in [5.74, 6) is 1.21. The van der Waals surface area contributed by atoms with Gasteiger partial charge in [0, 0.05) is 26.7 Å². The molecule has 0 aromatic carbocycles. The number of hydrogen-bond acceptors (Lipinski definition) is 5. The summed E-state index contributed by atoms with van der Waals surface area (Å²) in [7, 11) is 1.82. The fourth-order valence-corrected chi connectivity index (χ4v) is 2.65. The Balaban J connectivity index is 2.34. The average molecular weight is 312 g/mol. The first kappa shape index (κ1) is 15.8. The van der Waals surface area contributed by atoms with Crippen LogP contribution < -0.4 is 10.2 Å². The molecule has 0 spiro atoms. The summed E-state index contributed by atoms with van der Waals surface area (Å²) in [6, 6.07) is 0. The number of amides is 1. The SMILES string of the molecule is CCCNc1ncc(Cl)c(N2CCN(C)C(=O)C2(C)C)n1. The Kier molecular flexibility index (Phi) is 4.56. The van der Waals surface area contributed by atoms with Crippen LogP contribution in [0.15, 0.2) is 6.20 Å². The Hall–Kier alpha value is -1.56. The van der Waals surface area contributed by atoms with Gasteiger partial charge in [-0.05, 0) is 20.3 Å². The molecule has 7 heteroatoms. The molecule has 0 unspecified atom stereocenters. The van der Waals surface area contributed by atoms with Crippen molar-refractivity contribution in [2.24, 2.45) is 0 Å². The normalized spacial score (nSPS) is 18.0. The highest BCUT2D eigenvalue weighted by Gasteiger charge is 2.42. The average Bonchev–Trinajstić information content (AvgIpc) is 2.45. The Morgan fingerprint density at radius 3 is 2.81 bits per heavy atom. The first-order valence-electron chi connectivity index (χ1n) is 7.17. The summed E-state index contributed by atoms with van der Waals surface area (Å²) in [6.45, 7) is 8.00. The zero-order chi connectivity index (χ0) is 15.6. The highest BCUT2D eigenvalue weighted by molar-refractivity contribution is 6.33. The van der Waals surface area contributed by atoms with Crippen LogP contribution in [0.3, 0.4) is 0 Å². The molecule has 0 bridgehead atoms. The minimum absolute atomic E-state index is 0.0616. The molecule has 0 saturated carbocycles. The van der Waals surface area contributed by atoms with Crippen LogP contribution in [0.25, 0.3) is 0 Å². The van der Waals surface area contributed by atoms with Gasteiger partial charge >= 0.3 is 0 Å².